The number of hydrogen-bond acceptors (Lipinski definition) is 4. The molecule has 6 nitrogen and oxygen atoms in total. The first-order valence-electron chi connectivity index (χ1n) is 9.70. The number of pyridine rings is 1. The number of nitrogens with one attached hydrogen (secondary N) is 2. The fourth-order valence-corrected chi connectivity index (χ4v) is 3.81. The zero-order valence-electron chi connectivity index (χ0n) is 16.3. The molecule has 0 radical (unpaired) electrons. The van der Waals surface area contributed by atoms with E-state index in [1.54, 1.807) is 19.3 Å². The summed E-state index contributed by atoms with van der Waals surface area (Å²) < 4.78 is 13.9. The molecule has 2 unspecified atom stereocenters. The summed E-state index contributed by atoms with van der Waals surface area (Å²) in [4.78, 5) is 13.1. The third kappa shape index (κ3) is 6.44. The molecule has 0 saturated carbocycles. The minimum absolute atomic E-state index is 0. The van der Waals surface area contributed by atoms with Gasteiger partial charge in [0.05, 0.1) is 0 Å². The second-order valence-electron chi connectivity index (χ2n) is 7.45. The van der Waals surface area contributed by atoms with Gasteiger partial charge in [-0.2, -0.15) is 0 Å². The van der Waals surface area contributed by atoms with Crippen molar-refractivity contribution in [3.05, 3.63) is 24.1 Å². The van der Waals surface area contributed by atoms with E-state index in [9.17, 15) is 4.39 Å². The maximum absolute atomic E-state index is 13.9. The summed E-state index contributed by atoms with van der Waals surface area (Å²) >= 11 is 0. The lowest BCUT2D eigenvalue weighted by Gasteiger charge is -2.23. The van der Waals surface area contributed by atoms with Crippen LogP contribution in [-0.4, -0.2) is 68.2 Å². The molecule has 2 saturated heterocycles. The van der Waals surface area contributed by atoms with Gasteiger partial charge in [-0.25, -0.2) is 9.37 Å². The van der Waals surface area contributed by atoms with Crippen molar-refractivity contribution in [1.82, 2.24) is 20.5 Å². The molecule has 0 bridgehead atoms. The Morgan fingerprint density at radius 1 is 1.37 bits per heavy atom. The van der Waals surface area contributed by atoms with Crippen molar-refractivity contribution < 1.29 is 4.39 Å². The van der Waals surface area contributed by atoms with E-state index in [0.717, 1.165) is 38.6 Å². The van der Waals surface area contributed by atoms with Crippen molar-refractivity contribution >= 4 is 35.8 Å². The van der Waals surface area contributed by atoms with Gasteiger partial charge in [0.2, 0.25) is 0 Å². The van der Waals surface area contributed by atoms with Gasteiger partial charge < -0.3 is 20.4 Å². The Morgan fingerprint density at radius 3 is 2.85 bits per heavy atom. The highest BCUT2D eigenvalue weighted by Gasteiger charge is 2.26. The van der Waals surface area contributed by atoms with Crippen LogP contribution in [0.3, 0.4) is 0 Å². The molecule has 2 aliphatic rings. The third-order valence-electron chi connectivity index (χ3n) is 5.18. The van der Waals surface area contributed by atoms with Crippen LogP contribution in [0, 0.1) is 11.7 Å². The van der Waals surface area contributed by atoms with Gasteiger partial charge in [-0.1, -0.05) is 6.92 Å². The molecule has 152 valence electrons. The summed E-state index contributed by atoms with van der Waals surface area (Å²) in [6.07, 6.45) is 5.25. The van der Waals surface area contributed by atoms with Crippen LogP contribution in [0.2, 0.25) is 0 Å². The molecule has 0 aliphatic carbocycles. The lowest BCUT2D eigenvalue weighted by atomic mass is 10.1. The average Bonchev–Trinajstić information content (AvgIpc) is 3.31. The van der Waals surface area contributed by atoms with Gasteiger partial charge in [0, 0.05) is 45.5 Å². The van der Waals surface area contributed by atoms with Crippen molar-refractivity contribution in [1.29, 1.82) is 0 Å². The smallest absolute Gasteiger partial charge is 0.191 e. The number of nitrogens with zero attached hydrogens (tertiary/aromatic N) is 4. The van der Waals surface area contributed by atoms with Crippen LogP contribution in [0.25, 0.3) is 0 Å². The van der Waals surface area contributed by atoms with Gasteiger partial charge in [-0.15, -0.1) is 24.0 Å². The molecule has 1 aromatic heterocycles. The number of aliphatic imine (C=N–C) groups is 1. The number of hydrogen-bond donors (Lipinski definition) is 2. The van der Waals surface area contributed by atoms with Gasteiger partial charge in [-0.3, -0.25) is 4.99 Å². The molecule has 8 heteroatoms. The van der Waals surface area contributed by atoms with E-state index in [4.69, 9.17) is 0 Å². The lowest BCUT2D eigenvalue weighted by Crippen LogP contribution is -2.46. The summed E-state index contributed by atoms with van der Waals surface area (Å²) in [7, 11) is 1.80. The summed E-state index contributed by atoms with van der Waals surface area (Å²) in [6, 6.07) is 3.34. The van der Waals surface area contributed by atoms with E-state index in [1.807, 2.05) is 4.90 Å². The summed E-state index contributed by atoms with van der Waals surface area (Å²) in [5.41, 5.74) is 0. The van der Waals surface area contributed by atoms with Crippen molar-refractivity contribution in [3.8, 4) is 0 Å². The van der Waals surface area contributed by atoms with Crippen LogP contribution in [0.4, 0.5) is 10.2 Å². The normalized spacial score (nSPS) is 21.8. The maximum Gasteiger partial charge on any atom is 0.191 e. The standard InChI is InChI=1S/C19H31FN6.HI/c1-15(13-25-9-3-4-10-25)12-23-19(21-2)24-16-7-11-26(14-16)18-17(20)6-5-8-22-18;/h5-6,8,15-16H,3-4,7,9-14H2,1-2H3,(H2,21,23,24);1H. The molecule has 0 spiro atoms. The van der Waals surface area contributed by atoms with E-state index in [0.29, 0.717) is 11.7 Å². The second kappa shape index (κ2) is 11.0. The van der Waals surface area contributed by atoms with Gasteiger partial charge in [0.1, 0.15) is 0 Å². The Hall–Kier alpha value is -1.16. The lowest BCUT2D eigenvalue weighted by molar-refractivity contribution is 0.287. The number of aromatic nitrogens is 1. The highest BCUT2D eigenvalue weighted by Crippen LogP contribution is 2.20. The topological polar surface area (TPSA) is 55.8 Å². The Balaban J connectivity index is 0.00000261. The van der Waals surface area contributed by atoms with Gasteiger partial charge in [0.15, 0.2) is 17.6 Å². The van der Waals surface area contributed by atoms with Gasteiger partial charge in [-0.05, 0) is 50.4 Å². The van der Waals surface area contributed by atoms with Crippen molar-refractivity contribution in [2.75, 3.05) is 51.2 Å². The number of likely N-dealkylation sites (tertiary alicyclic amines) is 1. The SMILES string of the molecule is CN=C(NCC(C)CN1CCCC1)NC1CCN(c2ncccc2F)C1.I. The number of anilines is 1. The molecule has 2 aliphatic heterocycles. The Labute approximate surface area is 179 Å². The van der Waals surface area contributed by atoms with Crippen LogP contribution >= 0.6 is 24.0 Å². The molecule has 27 heavy (non-hydrogen) atoms. The third-order valence-corrected chi connectivity index (χ3v) is 5.18. The molecule has 0 amide bonds. The van der Waals surface area contributed by atoms with Crippen LogP contribution < -0.4 is 15.5 Å². The molecular formula is C19H32FIN6. The van der Waals surface area contributed by atoms with Crippen LogP contribution in [-0.2, 0) is 0 Å². The van der Waals surface area contributed by atoms with Crippen LogP contribution in [0.15, 0.2) is 23.3 Å². The predicted molar refractivity (Wildman–Crippen MR) is 120 cm³/mol. The average molecular weight is 490 g/mol. The van der Waals surface area contributed by atoms with Gasteiger partial charge in [0.25, 0.3) is 0 Å². The molecule has 2 atom stereocenters. The van der Waals surface area contributed by atoms with Crippen LogP contribution in [0.1, 0.15) is 26.2 Å². The Kier molecular flexibility index (Phi) is 9.01. The number of halogens is 2. The van der Waals surface area contributed by atoms with Gasteiger partial charge >= 0.3 is 0 Å². The number of rotatable bonds is 6. The first-order valence-corrected chi connectivity index (χ1v) is 9.70. The van der Waals surface area contributed by atoms with Crippen molar-refractivity contribution in [2.24, 2.45) is 10.9 Å². The van der Waals surface area contributed by atoms with E-state index in [1.165, 1.54) is 32.0 Å². The molecule has 3 rings (SSSR count). The highest BCUT2D eigenvalue weighted by molar-refractivity contribution is 14.0. The fourth-order valence-electron chi connectivity index (χ4n) is 3.81. The minimum Gasteiger partial charge on any atom is -0.356 e. The molecule has 1 aromatic rings. The Bertz CT molecular complexity index is 608. The monoisotopic (exact) mass is 490 g/mol. The first-order chi connectivity index (χ1) is 12.7. The van der Waals surface area contributed by atoms with E-state index in [-0.39, 0.29) is 35.8 Å². The molecule has 2 N–H and O–H groups in total. The first kappa shape index (κ1) is 22.1. The summed E-state index contributed by atoms with van der Waals surface area (Å²) in [6.45, 7) is 8.33. The second-order valence-corrected chi connectivity index (χ2v) is 7.45. The minimum atomic E-state index is -0.258. The van der Waals surface area contributed by atoms with E-state index >= 15 is 0 Å². The molecule has 3 heterocycles. The van der Waals surface area contributed by atoms with Crippen molar-refractivity contribution in [3.63, 3.8) is 0 Å². The quantitative estimate of drug-likeness (QED) is 0.364. The predicted octanol–water partition coefficient (Wildman–Crippen LogP) is 2.31. The summed E-state index contributed by atoms with van der Waals surface area (Å²) in [5.74, 6) is 1.59. The van der Waals surface area contributed by atoms with Crippen molar-refractivity contribution in [2.45, 2.75) is 32.2 Å². The van der Waals surface area contributed by atoms with E-state index in [2.05, 4.69) is 32.4 Å². The zero-order chi connectivity index (χ0) is 18.4. The van der Waals surface area contributed by atoms with Crippen LogP contribution in [0.5, 0.6) is 0 Å². The summed E-state index contributed by atoms with van der Waals surface area (Å²) in [5, 5.41) is 6.91. The maximum atomic E-state index is 13.9. The molecular weight excluding hydrogens is 458 g/mol. The zero-order valence-corrected chi connectivity index (χ0v) is 18.7. The van der Waals surface area contributed by atoms with E-state index < -0.39 is 0 Å². The highest BCUT2D eigenvalue weighted by atomic mass is 127. The largest absolute Gasteiger partial charge is 0.356 e. The molecule has 2 fully saturated rings. The Morgan fingerprint density at radius 2 is 2.15 bits per heavy atom. The number of guanidine groups is 1. The molecule has 0 aromatic carbocycles. The fraction of sp³-hybridized carbons (Fsp3) is 0.684.